The van der Waals surface area contributed by atoms with E-state index in [4.69, 9.17) is 32.4 Å². The van der Waals surface area contributed by atoms with Crippen LogP contribution in [0.3, 0.4) is 0 Å². The van der Waals surface area contributed by atoms with Crippen molar-refractivity contribution in [2.24, 2.45) is 0 Å². The van der Waals surface area contributed by atoms with Gasteiger partial charge in [0.2, 0.25) is 0 Å². The lowest BCUT2D eigenvalue weighted by atomic mass is 10.1. The molecule has 4 nitrogen and oxygen atoms in total. The highest BCUT2D eigenvalue weighted by Crippen LogP contribution is 2.30. The number of fused-ring (bicyclic) bond motifs is 1. The lowest BCUT2D eigenvalue weighted by Crippen LogP contribution is -2.27. The molecule has 0 saturated carbocycles. The molecule has 0 bridgehead atoms. The van der Waals surface area contributed by atoms with Gasteiger partial charge >= 0.3 is 0 Å². The van der Waals surface area contributed by atoms with E-state index in [1.165, 1.54) is 12.1 Å². The second-order valence-electron chi connectivity index (χ2n) is 5.82. The lowest BCUT2D eigenvalue weighted by molar-refractivity contribution is 0.0907. The van der Waals surface area contributed by atoms with Gasteiger partial charge in [0, 0.05) is 23.1 Å². The van der Waals surface area contributed by atoms with Crippen molar-refractivity contribution >= 4 is 40.1 Å². The van der Waals surface area contributed by atoms with E-state index in [-0.39, 0.29) is 22.4 Å². The Labute approximate surface area is 159 Å². The number of nitrogens with one attached hydrogen (secondary N) is 1. The molecule has 0 aliphatic rings. The molecule has 0 spiro atoms. The Morgan fingerprint density at radius 3 is 2.73 bits per heavy atom. The van der Waals surface area contributed by atoms with E-state index in [1.54, 1.807) is 20.1 Å². The molecular formula is C19H16Cl2FNO3. The highest BCUT2D eigenvalue weighted by Gasteiger charge is 2.23. The van der Waals surface area contributed by atoms with E-state index in [1.807, 2.05) is 18.2 Å². The number of para-hydroxylation sites is 1. The molecule has 1 atom stereocenters. The summed E-state index contributed by atoms with van der Waals surface area (Å²) in [4.78, 5) is 12.7. The molecule has 0 saturated heterocycles. The summed E-state index contributed by atoms with van der Waals surface area (Å²) in [5.41, 5.74) is 1.67. The number of hydrogen-bond donors (Lipinski definition) is 1. The Bertz CT molecular complexity index is 971. The molecule has 0 aliphatic carbocycles. The molecule has 1 amide bonds. The highest BCUT2D eigenvalue weighted by molar-refractivity contribution is 6.35. The van der Waals surface area contributed by atoms with Crippen molar-refractivity contribution in [3.05, 3.63) is 69.1 Å². The second kappa shape index (κ2) is 7.66. The predicted octanol–water partition coefficient (Wildman–Crippen LogP) is 5.52. The number of carbonyl (C=O) groups is 1. The standard InChI is InChI=1S/C19H16Cl2FNO3/c1-10(12-7-16(22)15(21)8-14(12)20)23-19(24)18-13(9-25-2)11-5-3-4-6-17(11)26-18/h3-8,10H,9H2,1-2H3,(H,23,24)/t10-/m1/s1. The number of benzene rings is 2. The Morgan fingerprint density at radius 2 is 2.00 bits per heavy atom. The van der Waals surface area contributed by atoms with Crippen molar-refractivity contribution in [1.82, 2.24) is 5.32 Å². The predicted molar refractivity (Wildman–Crippen MR) is 99.2 cm³/mol. The van der Waals surface area contributed by atoms with E-state index >= 15 is 0 Å². The molecular weight excluding hydrogens is 380 g/mol. The summed E-state index contributed by atoms with van der Waals surface area (Å²) in [7, 11) is 1.54. The van der Waals surface area contributed by atoms with E-state index in [9.17, 15) is 9.18 Å². The second-order valence-corrected chi connectivity index (χ2v) is 6.64. The molecule has 136 valence electrons. The first-order valence-electron chi connectivity index (χ1n) is 7.87. The van der Waals surface area contributed by atoms with Gasteiger partial charge in [0.15, 0.2) is 5.76 Å². The van der Waals surface area contributed by atoms with E-state index < -0.39 is 17.8 Å². The van der Waals surface area contributed by atoms with Gasteiger partial charge in [-0.25, -0.2) is 4.39 Å². The van der Waals surface area contributed by atoms with Crippen LogP contribution in [0, 0.1) is 5.82 Å². The quantitative estimate of drug-likeness (QED) is 0.578. The molecule has 26 heavy (non-hydrogen) atoms. The summed E-state index contributed by atoms with van der Waals surface area (Å²) in [6.07, 6.45) is 0. The van der Waals surface area contributed by atoms with Crippen LogP contribution in [-0.4, -0.2) is 13.0 Å². The molecule has 7 heteroatoms. The van der Waals surface area contributed by atoms with Crippen molar-refractivity contribution in [2.75, 3.05) is 7.11 Å². The minimum atomic E-state index is -0.601. The Balaban J connectivity index is 1.92. The van der Waals surface area contributed by atoms with Crippen LogP contribution in [0.4, 0.5) is 4.39 Å². The smallest absolute Gasteiger partial charge is 0.287 e. The number of carbonyl (C=O) groups excluding carboxylic acids is 1. The Morgan fingerprint density at radius 1 is 1.27 bits per heavy atom. The van der Waals surface area contributed by atoms with E-state index in [0.29, 0.717) is 16.7 Å². The first-order chi connectivity index (χ1) is 12.4. The fourth-order valence-electron chi connectivity index (χ4n) is 2.78. The topological polar surface area (TPSA) is 51.5 Å². The summed E-state index contributed by atoms with van der Waals surface area (Å²) in [6, 6.07) is 9.29. The summed E-state index contributed by atoms with van der Waals surface area (Å²) in [5.74, 6) is -0.881. The summed E-state index contributed by atoms with van der Waals surface area (Å²) in [5, 5.41) is 3.78. The molecule has 0 unspecified atom stereocenters. The first kappa shape index (κ1) is 18.7. The number of ether oxygens (including phenoxy) is 1. The van der Waals surface area contributed by atoms with Crippen molar-refractivity contribution in [1.29, 1.82) is 0 Å². The fraction of sp³-hybridized carbons (Fsp3) is 0.211. The van der Waals surface area contributed by atoms with Gasteiger partial charge in [-0.05, 0) is 30.7 Å². The number of rotatable bonds is 5. The van der Waals surface area contributed by atoms with Crippen LogP contribution >= 0.6 is 23.2 Å². The average Bonchev–Trinajstić information content (AvgIpc) is 2.97. The number of halogens is 3. The maximum Gasteiger partial charge on any atom is 0.287 e. The van der Waals surface area contributed by atoms with E-state index in [0.717, 1.165) is 5.39 Å². The molecule has 0 fully saturated rings. The van der Waals surface area contributed by atoms with Gasteiger partial charge in [0.05, 0.1) is 17.7 Å². The number of methoxy groups -OCH3 is 1. The fourth-order valence-corrected chi connectivity index (χ4v) is 3.33. The van der Waals surface area contributed by atoms with Gasteiger partial charge in [-0.2, -0.15) is 0 Å². The van der Waals surface area contributed by atoms with Crippen molar-refractivity contribution in [3.8, 4) is 0 Å². The molecule has 3 rings (SSSR count). The van der Waals surface area contributed by atoms with Gasteiger partial charge in [-0.3, -0.25) is 4.79 Å². The van der Waals surface area contributed by atoms with Crippen molar-refractivity contribution in [2.45, 2.75) is 19.6 Å². The third-order valence-corrected chi connectivity index (χ3v) is 4.66. The molecule has 1 N–H and O–H groups in total. The van der Waals surface area contributed by atoms with Gasteiger partial charge in [0.25, 0.3) is 5.91 Å². The zero-order valence-corrected chi connectivity index (χ0v) is 15.6. The van der Waals surface area contributed by atoms with Crippen LogP contribution in [0.1, 0.15) is 34.6 Å². The maximum absolute atomic E-state index is 13.7. The molecule has 0 radical (unpaired) electrons. The molecule has 1 aromatic heterocycles. The number of amides is 1. The van der Waals surface area contributed by atoms with Crippen LogP contribution in [0.15, 0.2) is 40.8 Å². The van der Waals surface area contributed by atoms with E-state index in [2.05, 4.69) is 5.32 Å². The molecule has 1 heterocycles. The van der Waals surface area contributed by atoms with Gasteiger partial charge in [-0.1, -0.05) is 41.4 Å². The zero-order valence-electron chi connectivity index (χ0n) is 14.1. The summed E-state index contributed by atoms with van der Waals surface area (Å²) < 4.78 is 24.6. The third kappa shape index (κ3) is 3.56. The lowest BCUT2D eigenvalue weighted by Gasteiger charge is -2.16. The molecule has 2 aromatic carbocycles. The maximum atomic E-state index is 13.7. The Hall–Kier alpha value is -2.08. The van der Waals surface area contributed by atoms with Crippen LogP contribution in [0.2, 0.25) is 10.0 Å². The van der Waals surface area contributed by atoms with Crippen molar-refractivity contribution in [3.63, 3.8) is 0 Å². The number of furan rings is 1. The van der Waals surface area contributed by atoms with Gasteiger partial charge in [0.1, 0.15) is 11.4 Å². The number of hydrogen-bond acceptors (Lipinski definition) is 3. The average molecular weight is 396 g/mol. The van der Waals surface area contributed by atoms with Gasteiger partial charge in [-0.15, -0.1) is 0 Å². The monoisotopic (exact) mass is 395 g/mol. The van der Waals surface area contributed by atoms with Crippen LogP contribution in [0.5, 0.6) is 0 Å². The molecule has 3 aromatic rings. The Kier molecular flexibility index (Phi) is 5.51. The van der Waals surface area contributed by atoms with Crippen molar-refractivity contribution < 1.29 is 18.3 Å². The third-order valence-electron chi connectivity index (χ3n) is 4.05. The minimum absolute atomic E-state index is 0.0723. The molecule has 0 aliphatic heterocycles. The van der Waals surface area contributed by atoms with Crippen LogP contribution in [-0.2, 0) is 11.3 Å². The zero-order chi connectivity index (χ0) is 18.8. The van der Waals surface area contributed by atoms with Crippen LogP contribution in [0.25, 0.3) is 11.0 Å². The SMILES string of the molecule is COCc1c(C(=O)N[C@H](C)c2cc(F)c(Cl)cc2Cl)oc2ccccc12. The first-order valence-corrected chi connectivity index (χ1v) is 8.62. The summed E-state index contributed by atoms with van der Waals surface area (Å²) in [6.45, 7) is 1.93. The largest absolute Gasteiger partial charge is 0.451 e. The van der Waals surface area contributed by atoms with Crippen LogP contribution < -0.4 is 5.32 Å². The normalized spacial score (nSPS) is 12.3. The van der Waals surface area contributed by atoms with Gasteiger partial charge < -0.3 is 14.5 Å². The minimum Gasteiger partial charge on any atom is -0.451 e. The highest BCUT2D eigenvalue weighted by atomic mass is 35.5. The summed E-state index contributed by atoms with van der Waals surface area (Å²) >= 11 is 11.8.